The minimum absolute atomic E-state index is 0.280. The van der Waals surface area contributed by atoms with E-state index in [2.05, 4.69) is 20.9 Å². The lowest BCUT2D eigenvalue weighted by atomic mass is 10.1. The summed E-state index contributed by atoms with van der Waals surface area (Å²) in [6, 6.07) is 7.96. The summed E-state index contributed by atoms with van der Waals surface area (Å²) in [5, 5.41) is 16.4. The van der Waals surface area contributed by atoms with Crippen molar-refractivity contribution < 1.29 is 19.5 Å². The summed E-state index contributed by atoms with van der Waals surface area (Å²) in [4.78, 5) is 37.1. The highest BCUT2D eigenvalue weighted by atomic mass is 16.4. The number of benzene rings is 1. The van der Waals surface area contributed by atoms with Crippen molar-refractivity contribution in [2.24, 2.45) is 0 Å². The molecule has 1 rings (SSSR count). The molecule has 150 valence electrons. The Hall–Kier alpha value is -2.61. The fourth-order valence-corrected chi connectivity index (χ4v) is 2.49. The fourth-order valence-electron chi connectivity index (χ4n) is 2.49. The predicted octanol–water partition coefficient (Wildman–Crippen LogP) is 0.830. The Morgan fingerprint density at radius 2 is 1.74 bits per heavy atom. The van der Waals surface area contributed by atoms with Gasteiger partial charge in [0.25, 0.3) is 0 Å². The summed E-state index contributed by atoms with van der Waals surface area (Å²) in [7, 11) is 4.04. The topological polar surface area (TPSA) is 111 Å². The van der Waals surface area contributed by atoms with Gasteiger partial charge in [0.1, 0.15) is 12.6 Å². The Morgan fingerprint density at radius 1 is 1.04 bits per heavy atom. The zero-order chi connectivity index (χ0) is 20.1. The lowest BCUT2D eigenvalue weighted by Crippen LogP contribution is -2.51. The number of carboxylic acids is 1. The smallest absolute Gasteiger partial charge is 0.322 e. The summed E-state index contributed by atoms with van der Waals surface area (Å²) in [6.45, 7) is 1.04. The highest BCUT2D eigenvalue weighted by molar-refractivity contribution is 5.89. The Kier molecular flexibility index (Phi) is 10.5. The van der Waals surface area contributed by atoms with Crippen molar-refractivity contribution in [2.45, 2.75) is 31.7 Å². The number of rotatable bonds is 12. The summed E-state index contributed by atoms with van der Waals surface area (Å²) in [6.07, 6.45) is 3.20. The van der Waals surface area contributed by atoms with Gasteiger partial charge in [-0.1, -0.05) is 36.8 Å². The molecule has 0 aliphatic rings. The Labute approximate surface area is 160 Å². The second-order valence-corrected chi connectivity index (χ2v) is 6.62. The molecule has 0 fully saturated rings. The van der Waals surface area contributed by atoms with Crippen LogP contribution in [0, 0.1) is 0 Å². The third kappa shape index (κ3) is 10.9. The van der Waals surface area contributed by atoms with Crippen LogP contribution >= 0.6 is 0 Å². The molecule has 1 aromatic rings. The molecule has 0 heterocycles. The van der Waals surface area contributed by atoms with E-state index in [0.29, 0.717) is 6.54 Å². The molecule has 0 aliphatic heterocycles. The van der Waals surface area contributed by atoms with Crippen LogP contribution in [-0.4, -0.2) is 67.7 Å². The summed E-state index contributed by atoms with van der Waals surface area (Å²) in [5.74, 6) is -1.66. The van der Waals surface area contributed by atoms with Crippen molar-refractivity contribution >= 4 is 17.9 Å². The molecule has 0 saturated heterocycles. The number of nitrogens with one attached hydrogen (secondary N) is 3. The first-order valence-electron chi connectivity index (χ1n) is 9.11. The van der Waals surface area contributed by atoms with E-state index < -0.39 is 30.5 Å². The minimum Gasteiger partial charge on any atom is -0.480 e. The standard InChI is InChI=1S/C19H30N4O4/c1-23(2)12-8-4-7-11-20-19(27)22-16(18(26)21-14-17(24)25)13-15-9-5-3-6-10-15/h3,5-6,9-10,16H,4,7-8,11-14H2,1-2H3,(H,21,26)(H,24,25)(H2,20,22,27)/t16-/m0/s1. The number of nitrogens with zero attached hydrogens (tertiary/aromatic N) is 1. The minimum atomic E-state index is -1.14. The van der Waals surface area contributed by atoms with Gasteiger partial charge in [-0.3, -0.25) is 9.59 Å². The number of amides is 3. The number of aliphatic carboxylic acids is 1. The number of urea groups is 1. The molecule has 0 aliphatic carbocycles. The van der Waals surface area contributed by atoms with Gasteiger partial charge in [0.15, 0.2) is 0 Å². The zero-order valence-electron chi connectivity index (χ0n) is 16.0. The average molecular weight is 378 g/mol. The van der Waals surface area contributed by atoms with Crippen molar-refractivity contribution in [3.63, 3.8) is 0 Å². The van der Waals surface area contributed by atoms with Crippen LogP contribution in [-0.2, 0) is 16.0 Å². The zero-order valence-corrected chi connectivity index (χ0v) is 16.0. The number of hydrogen-bond acceptors (Lipinski definition) is 4. The van der Waals surface area contributed by atoms with Crippen molar-refractivity contribution in [1.82, 2.24) is 20.9 Å². The first-order chi connectivity index (χ1) is 12.9. The maximum atomic E-state index is 12.2. The van der Waals surface area contributed by atoms with Crippen LogP contribution in [0.4, 0.5) is 4.79 Å². The van der Waals surface area contributed by atoms with E-state index in [1.807, 2.05) is 44.4 Å². The molecule has 27 heavy (non-hydrogen) atoms. The Bertz CT molecular complexity index is 593. The molecule has 1 aromatic carbocycles. The number of unbranched alkanes of at least 4 members (excludes halogenated alkanes) is 2. The van der Waals surface area contributed by atoms with Gasteiger partial charge in [0, 0.05) is 13.0 Å². The molecule has 0 radical (unpaired) electrons. The lowest BCUT2D eigenvalue weighted by molar-refractivity contribution is -0.138. The molecule has 4 N–H and O–H groups in total. The van der Waals surface area contributed by atoms with E-state index in [1.54, 1.807) is 0 Å². The molecule has 0 aromatic heterocycles. The summed E-state index contributed by atoms with van der Waals surface area (Å²) in [5.41, 5.74) is 0.872. The maximum Gasteiger partial charge on any atom is 0.322 e. The largest absolute Gasteiger partial charge is 0.480 e. The number of carboxylic acid groups (broad SMARTS) is 1. The van der Waals surface area contributed by atoms with Crippen molar-refractivity contribution in [3.05, 3.63) is 35.9 Å². The van der Waals surface area contributed by atoms with Crippen LogP contribution in [0.1, 0.15) is 24.8 Å². The van der Waals surface area contributed by atoms with Gasteiger partial charge in [-0.05, 0) is 39.0 Å². The van der Waals surface area contributed by atoms with Crippen LogP contribution in [0.25, 0.3) is 0 Å². The first-order valence-corrected chi connectivity index (χ1v) is 9.11. The highest BCUT2D eigenvalue weighted by Crippen LogP contribution is 2.04. The predicted molar refractivity (Wildman–Crippen MR) is 104 cm³/mol. The van der Waals surface area contributed by atoms with Crippen molar-refractivity contribution in [1.29, 1.82) is 0 Å². The molecule has 8 heteroatoms. The Morgan fingerprint density at radius 3 is 2.37 bits per heavy atom. The van der Waals surface area contributed by atoms with Gasteiger partial charge in [0.05, 0.1) is 0 Å². The van der Waals surface area contributed by atoms with E-state index >= 15 is 0 Å². The van der Waals surface area contributed by atoms with E-state index in [1.165, 1.54) is 0 Å². The lowest BCUT2D eigenvalue weighted by Gasteiger charge is -2.18. The van der Waals surface area contributed by atoms with Crippen LogP contribution in [0.15, 0.2) is 30.3 Å². The van der Waals surface area contributed by atoms with E-state index in [0.717, 1.165) is 31.4 Å². The normalized spacial score (nSPS) is 11.7. The Balaban J connectivity index is 2.48. The van der Waals surface area contributed by atoms with Crippen LogP contribution in [0.2, 0.25) is 0 Å². The van der Waals surface area contributed by atoms with Crippen LogP contribution < -0.4 is 16.0 Å². The molecule has 8 nitrogen and oxygen atoms in total. The molecular weight excluding hydrogens is 348 g/mol. The van der Waals surface area contributed by atoms with Crippen molar-refractivity contribution in [2.75, 3.05) is 33.7 Å². The van der Waals surface area contributed by atoms with Crippen LogP contribution in [0.5, 0.6) is 0 Å². The molecule has 0 unspecified atom stereocenters. The molecule has 0 bridgehead atoms. The maximum absolute atomic E-state index is 12.2. The highest BCUT2D eigenvalue weighted by Gasteiger charge is 2.21. The van der Waals surface area contributed by atoms with E-state index in [9.17, 15) is 14.4 Å². The van der Waals surface area contributed by atoms with Crippen LogP contribution in [0.3, 0.4) is 0 Å². The molecule has 0 spiro atoms. The second-order valence-electron chi connectivity index (χ2n) is 6.62. The van der Waals surface area contributed by atoms with Gasteiger partial charge in [-0.25, -0.2) is 4.79 Å². The average Bonchev–Trinajstić information content (AvgIpc) is 2.62. The van der Waals surface area contributed by atoms with Gasteiger partial charge in [-0.2, -0.15) is 0 Å². The molecule has 0 saturated carbocycles. The first kappa shape index (κ1) is 22.4. The number of carbonyl (C=O) groups excluding carboxylic acids is 2. The SMILES string of the molecule is CN(C)CCCCCNC(=O)N[C@@H](Cc1ccccc1)C(=O)NCC(=O)O. The quantitative estimate of drug-likeness (QED) is 0.403. The van der Waals surface area contributed by atoms with Gasteiger partial charge in [-0.15, -0.1) is 0 Å². The summed E-state index contributed by atoms with van der Waals surface area (Å²) >= 11 is 0. The van der Waals surface area contributed by atoms with E-state index in [4.69, 9.17) is 5.11 Å². The van der Waals surface area contributed by atoms with E-state index in [-0.39, 0.29) is 6.42 Å². The second kappa shape index (κ2) is 12.7. The molecule has 3 amide bonds. The van der Waals surface area contributed by atoms with Crippen molar-refractivity contribution in [3.8, 4) is 0 Å². The monoisotopic (exact) mass is 378 g/mol. The van der Waals surface area contributed by atoms with Gasteiger partial charge in [0.2, 0.25) is 5.91 Å². The number of carbonyl (C=O) groups is 3. The fraction of sp³-hybridized carbons (Fsp3) is 0.526. The van der Waals surface area contributed by atoms with Gasteiger partial charge >= 0.3 is 12.0 Å². The third-order valence-electron chi connectivity index (χ3n) is 3.89. The number of hydrogen-bond donors (Lipinski definition) is 4. The molecule has 1 atom stereocenters. The molecular formula is C19H30N4O4. The third-order valence-corrected chi connectivity index (χ3v) is 3.89. The van der Waals surface area contributed by atoms with Gasteiger partial charge < -0.3 is 26.0 Å². The summed E-state index contributed by atoms with van der Waals surface area (Å²) < 4.78 is 0.